The molecule has 0 aliphatic heterocycles. The Hall–Kier alpha value is -0.956. The summed E-state index contributed by atoms with van der Waals surface area (Å²) in [5.74, 6) is -0.347. The summed E-state index contributed by atoms with van der Waals surface area (Å²) in [4.78, 5) is 11.5. The van der Waals surface area contributed by atoms with Gasteiger partial charge in [0.2, 0.25) is 0 Å². The van der Waals surface area contributed by atoms with Crippen LogP contribution in [0.5, 0.6) is 0 Å². The Kier molecular flexibility index (Phi) is 11.9. The van der Waals surface area contributed by atoms with Gasteiger partial charge in [0.05, 0.1) is 19.8 Å². The smallest absolute Gasteiger partial charge is 0.330 e. The van der Waals surface area contributed by atoms with Crippen LogP contribution in [0.1, 0.15) is 61.3 Å². The van der Waals surface area contributed by atoms with Crippen LogP contribution in [0.15, 0.2) is 36.0 Å². The van der Waals surface area contributed by atoms with Crippen LogP contribution in [-0.4, -0.2) is 42.4 Å². The second-order valence-electron chi connectivity index (χ2n) is 11.3. The van der Waals surface area contributed by atoms with Gasteiger partial charge in [0.25, 0.3) is 0 Å². The Morgan fingerprint density at radius 3 is 1.97 bits per heavy atom. The van der Waals surface area contributed by atoms with E-state index < -0.39 is 16.6 Å². The maximum absolute atomic E-state index is 11.5. The van der Waals surface area contributed by atoms with E-state index in [0.29, 0.717) is 6.61 Å². The lowest BCUT2D eigenvalue weighted by atomic mass is 10.1. The van der Waals surface area contributed by atoms with Crippen LogP contribution in [-0.2, 0) is 18.4 Å². The zero-order valence-electron chi connectivity index (χ0n) is 22.2. The van der Waals surface area contributed by atoms with Gasteiger partial charge in [-0.1, -0.05) is 65.3 Å². The third kappa shape index (κ3) is 11.5. The summed E-state index contributed by atoms with van der Waals surface area (Å²) in [6.45, 7) is 25.2. The molecule has 0 saturated carbocycles. The van der Waals surface area contributed by atoms with Crippen LogP contribution in [0, 0.1) is 0 Å². The summed E-state index contributed by atoms with van der Waals surface area (Å²) < 4.78 is 17.5. The topological polar surface area (TPSA) is 44.8 Å². The molecule has 1 atom stereocenters. The molecule has 0 radical (unpaired) electrons. The molecule has 0 aromatic rings. The average molecular weight is 469 g/mol. The second-order valence-corrected chi connectivity index (χ2v) is 20.9. The first-order chi connectivity index (χ1) is 13.9. The van der Waals surface area contributed by atoms with Crippen molar-refractivity contribution in [2.24, 2.45) is 0 Å². The van der Waals surface area contributed by atoms with Gasteiger partial charge in [0.15, 0.2) is 16.6 Å². The molecule has 0 aliphatic rings. The minimum absolute atomic E-state index is 0.101. The first-order valence-electron chi connectivity index (χ1n) is 11.3. The van der Waals surface area contributed by atoms with E-state index in [1.165, 1.54) is 18.8 Å². The van der Waals surface area contributed by atoms with Gasteiger partial charge in [-0.15, -0.1) is 0 Å². The molecular weight excluding hydrogens is 420 g/mol. The van der Waals surface area contributed by atoms with E-state index in [-0.39, 0.29) is 22.1 Å². The molecule has 0 aliphatic carbocycles. The number of hydrogen-bond donors (Lipinski definition) is 0. The molecule has 0 saturated heterocycles. The second kappa shape index (κ2) is 12.3. The predicted molar refractivity (Wildman–Crippen MR) is 139 cm³/mol. The Balaban J connectivity index is 4.93. The first kappa shape index (κ1) is 30.0. The van der Waals surface area contributed by atoms with Crippen molar-refractivity contribution in [1.82, 2.24) is 0 Å². The lowest BCUT2D eigenvalue weighted by molar-refractivity contribution is -0.134. The molecule has 0 unspecified atom stereocenters. The zero-order valence-corrected chi connectivity index (χ0v) is 24.2. The maximum atomic E-state index is 11.5. The van der Waals surface area contributed by atoms with Crippen molar-refractivity contribution in [2.45, 2.75) is 104 Å². The van der Waals surface area contributed by atoms with Gasteiger partial charge >= 0.3 is 5.97 Å². The first-order valence-corrected chi connectivity index (χ1v) is 17.2. The third-order valence-corrected chi connectivity index (χ3v) is 15.6. The van der Waals surface area contributed by atoms with Crippen molar-refractivity contribution < 1.29 is 18.4 Å². The normalized spacial score (nSPS) is 15.7. The van der Waals surface area contributed by atoms with Crippen molar-refractivity contribution in [3.8, 4) is 0 Å². The monoisotopic (exact) mass is 468 g/mol. The summed E-state index contributed by atoms with van der Waals surface area (Å²) >= 11 is 0. The van der Waals surface area contributed by atoms with Crippen molar-refractivity contribution in [2.75, 3.05) is 13.7 Å². The van der Waals surface area contributed by atoms with E-state index in [0.717, 1.165) is 12.8 Å². The molecule has 0 fully saturated rings. The Morgan fingerprint density at radius 2 is 1.48 bits per heavy atom. The molecule has 4 nitrogen and oxygen atoms in total. The molecule has 0 aromatic carbocycles. The summed E-state index contributed by atoms with van der Waals surface area (Å²) in [5, 5.41) is 0.338. The SMILES string of the molecule is COC(=O)/C=C/[C@@H](CC/C=C/C(C)=C/CO[Si](C)(C)C(C)(C)C)O[Si](C)(C)C(C)(C)C. The molecule has 0 spiro atoms. The number of methoxy groups -OCH3 is 1. The van der Waals surface area contributed by atoms with Gasteiger partial charge in [-0.3, -0.25) is 0 Å². The van der Waals surface area contributed by atoms with Gasteiger partial charge in [-0.05, 0) is 62.1 Å². The number of carbonyl (C=O) groups is 1. The number of hydrogen-bond acceptors (Lipinski definition) is 4. The number of esters is 1. The Morgan fingerprint density at radius 1 is 0.935 bits per heavy atom. The molecule has 6 heteroatoms. The number of rotatable bonds is 11. The van der Waals surface area contributed by atoms with Crippen LogP contribution in [0.4, 0.5) is 0 Å². The van der Waals surface area contributed by atoms with Crippen molar-refractivity contribution in [3.05, 3.63) is 36.0 Å². The van der Waals surface area contributed by atoms with Crippen molar-refractivity contribution in [3.63, 3.8) is 0 Å². The van der Waals surface area contributed by atoms with E-state index >= 15 is 0 Å². The van der Waals surface area contributed by atoms with Crippen molar-refractivity contribution in [1.29, 1.82) is 0 Å². The third-order valence-electron chi connectivity index (χ3n) is 6.55. The van der Waals surface area contributed by atoms with Gasteiger partial charge in [-0.25, -0.2) is 4.79 Å². The highest BCUT2D eigenvalue weighted by molar-refractivity contribution is 6.74. The number of allylic oxidation sites excluding steroid dienone is 3. The van der Waals surface area contributed by atoms with Crippen LogP contribution >= 0.6 is 0 Å². The summed E-state index contributed by atoms with van der Waals surface area (Å²) in [6, 6.07) is 0. The van der Waals surface area contributed by atoms with Gasteiger partial charge in [0, 0.05) is 6.08 Å². The minimum Gasteiger partial charge on any atom is -0.466 e. The maximum Gasteiger partial charge on any atom is 0.330 e. The van der Waals surface area contributed by atoms with Crippen molar-refractivity contribution >= 4 is 22.6 Å². The molecule has 0 heterocycles. The lowest BCUT2D eigenvalue weighted by Gasteiger charge is -2.38. The van der Waals surface area contributed by atoms with Crippen LogP contribution in [0.2, 0.25) is 36.3 Å². The van der Waals surface area contributed by atoms with Crippen LogP contribution in [0.3, 0.4) is 0 Å². The standard InChI is InChI=1S/C25H48O4Si2/c1-21(19-20-28-30(9,10)24(2,3)4)15-13-14-16-22(17-18-23(26)27-8)29-31(11,12)25(5,6)7/h13,15,17-19,22H,14,16,20H2,1-12H3/b15-13+,18-17+,21-19+/t22-/m1/s1. The highest BCUT2D eigenvalue weighted by Gasteiger charge is 2.38. The van der Waals surface area contributed by atoms with E-state index in [2.05, 4.69) is 92.9 Å². The summed E-state index contributed by atoms with van der Waals surface area (Å²) in [7, 11) is -2.25. The average Bonchev–Trinajstić information content (AvgIpc) is 2.60. The number of carbonyl (C=O) groups excluding carboxylic acids is 1. The fourth-order valence-electron chi connectivity index (χ4n) is 2.20. The highest BCUT2D eigenvalue weighted by Crippen LogP contribution is 2.38. The Labute approximate surface area is 194 Å². The van der Waals surface area contributed by atoms with E-state index in [1.54, 1.807) is 0 Å². The summed E-state index contributed by atoms with van der Waals surface area (Å²) in [6.07, 6.45) is 11.4. The van der Waals surface area contributed by atoms with Gasteiger partial charge < -0.3 is 13.6 Å². The lowest BCUT2D eigenvalue weighted by Crippen LogP contribution is -2.43. The largest absolute Gasteiger partial charge is 0.466 e. The zero-order chi connectivity index (χ0) is 24.5. The highest BCUT2D eigenvalue weighted by atomic mass is 28.4. The Bertz CT molecular complexity index is 647. The molecule has 31 heavy (non-hydrogen) atoms. The van der Waals surface area contributed by atoms with E-state index in [4.69, 9.17) is 13.6 Å². The van der Waals surface area contributed by atoms with Gasteiger partial charge in [-0.2, -0.15) is 0 Å². The summed E-state index contributed by atoms with van der Waals surface area (Å²) in [5.41, 5.74) is 1.20. The number of ether oxygens (including phenoxy) is 1. The molecular formula is C25H48O4Si2. The van der Waals surface area contributed by atoms with E-state index in [1.807, 2.05) is 6.08 Å². The van der Waals surface area contributed by atoms with Crippen LogP contribution < -0.4 is 0 Å². The molecule has 0 N–H and O–H groups in total. The fourth-order valence-corrected chi connectivity index (χ4v) is 4.44. The van der Waals surface area contributed by atoms with E-state index in [9.17, 15) is 4.79 Å². The molecule has 180 valence electrons. The van der Waals surface area contributed by atoms with Crippen LogP contribution in [0.25, 0.3) is 0 Å². The quantitative estimate of drug-likeness (QED) is 0.137. The molecule has 0 amide bonds. The van der Waals surface area contributed by atoms with Gasteiger partial charge in [0.1, 0.15) is 0 Å². The minimum atomic E-state index is -1.93. The molecule has 0 rings (SSSR count). The molecule has 0 bridgehead atoms. The molecule has 0 aromatic heterocycles. The fraction of sp³-hybridized carbons (Fsp3) is 0.720. The predicted octanol–water partition coefficient (Wildman–Crippen LogP) is 7.41.